The molecular weight excluding hydrogens is 515 g/mol. The second-order valence-corrected chi connectivity index (χ2v) is 11.8. The number of rotatable bonds is 2. The van der Waals surface area contributed by atoms with Crippen molar-refractivity contribution < 1.29 is 0 Å². The molecule has 0 amide bonds. The molecule has 190 valence electrons. The molecular formula is C39H23NS. The van der Waals surface area contributed by atoms with Gasteiger partial charge >= 0.3 is 0 Å². The average molecular weight is 538 g/mol. The summed E-state index contributed by atoms with van der Waals surface area (Å²) in [6, 6.07) is 50.6. The van der Waals surface area contributed by atoms with Crippen LogP contribution in [0.15, 0.2) is 140 Å². The van der Waals surface area contributed by atoms with Gasteiger partial charge in [0.05, 0.1) is 11.2 Å². The van der Waals surface area contributed by atoms with Crippen molar-refractivity contribution in [2.24, 2.45) is 0 Å². The molecule has 2 heteroatoms. The van der Waals surface area contributed by atoms with E-state index in [9.17, 15) is 0 Å². The molecule has 0 aliphatic rings. The third-order valence-corrected chi connectivity index (χ3v) is 9.63. The molecule has 0 bridgehead atoms. The van der Waals surface area contributed by atoms with Crippen LogP contribution in [0.1, 0.15) is 0 Å². The minimum atomic E-state index is 1.03. The van der Waals surface area contributed by atoms with Crippen molar-refractivity contribution in [2.45, 2.75) is 0 Å². The summed E-state index contributed by atoms with van der Waals surface area (Å²) in [6.07, 6.45) is 0. The Morgan fingerprint density at radius 3 is 2.02 bits per heavy atom. The van der Waals surface area contributed by atoms with Crippen molar-refractivity contribution >= 4 is 74.7 Å². The summed E-state index contributed by atoms with van der Waals surface area (Å²) in [5.41, 5.74) is 5.76. The molecule has 0 fully saturated rings. The highest BCUT2D eigenvalue weighted by atomic mass is 32.1. The first-order valence-electron chi connectivity index (χ1n) is 14.0. The Labute approximate surface area is 240 Å². The SMILES string of the molecule is c1ccc(-c2nc3ccccc3c3c2ccc2c4cc(-c5cc6ccccc6c6ccccc56)ccc4sc23)cc1. The van der Waals surface area contributed by atoms with E-state index in [0.717, 1.165) is 16.8 Å². The van der Waals surface area contributed by atoms with Crippen molar-refractivity contribution in [2.75, 3.05) is 0 Å². The van der Waals surface area contributed by atoms with Gasteiger partial charge in [0.2, 0.25) is 0 Å². The summed E-state index contributed by atoms with van der Waals surface area (Å²) in [6.45, 7) is 0. The Bertz CT molecular complexity index is 2470. The monoisotopic (exact) mass is 537 g/mol. The molecule has 0 unspecified atom stereocenters. The number of hydrogen-bond donors (Lipinski definition) is 0. The lowest BCUT2D eigenvalue weighted by molar-refractivity contribution is 1.43. The van der Waals surface area contributed by atoms with E-state index in [4.69, 9.17) is 4.98 Å². The van der Waals surface area contributed by atoms with Crippen molar-refractivity contribution in [1.29, 1.82) is 0 Å². The lowest BCUT2D eigenvalue weighted by Crippen LogP contribution is -1.89. The van der Waals surface area contributed by atoms with Crippen molar-refractivity contribution in [1.82, 2.24) is 4.98 Å². The number of nitrogens with zero attached hydrogens (tertiary/aromatic N) is 1. The Morgan fingerprint density at radius 1 is 0.439 bits per heavy atom. The number of pyridine rings is 1. The third-order valence-electron chi connectivity index (χ3n) is 8.43. The zero-order chi connectivity index (χ0) is 26.9. The van der Waals surface area contributed by atoms with E-state index in [0.29, 0.717) is 0 Å². The van der Waals surface area contributed by atoms with Gasteiger partial charge < -0.3 is 0 Å². The fourth-order valence-corrected chi connectivity index (χ4v) is 7.79. The van der Waals surface area contributed by atoms with Gasteiger partial charge in [-0.1, -0.05) is 115 Å². The predicted molar refractivity (Wildman–Crippen MR) is 178 cm³/mol. The quantitative estimate of drug-likeness (QED) is 0.200. The molecule has 1 nitrogen and oxygen atoms in total. The maximum absolute atomic E-state index is 5.15. The van der Waals surface area contributed by atoms with Crippen LogP contribution in [0, 0.1) is 0 Å². The van der Waals surface area contributed by atoms with Gasteiger partial charge in [-0.2, -0.15) is 0 Å². The van der Waals surface area contributed by atoms with Crippen molar-refractivity contribution in [3.05, 3.63) is 140 Å². The van der Waals surface area contributed by atoms with Gasteiger partial charge in [-0.3, -0.25) is 0 Å². The lowest BCUT2D eigenvalue weighted by Gasteiger charge is -2.12. The second-order valence-electron chi connectivity index (χ2n) is 10.7. The highest BCUT2D eigenvalue weighted by Crippen LogP contribution is 2.45. The van der Waals surface area contributed by atoms with Crippen LogP contribution in [0.4, 0.5) is 0 Å². The molecule has 0 saturated carbocycles. The van der Waals surface area contributed by atoms with E-state index in [1.807, 2.05) is 11.3 Å². The van der Waals surface area contributed by atoms with Crippen LogP contribution in [-0.4, -0.2) is 4.98 Å². The van der Waals surface area contributed by atoms with Gasteiger partial charge in [-0.05, 0) is 56.9 Å². The Hall–Kier alpha value is -5.05. The summed E-state index contributed by atoms with van der Waals surface area (Å²) in [5.74, 6) is 0. The van der Waals surface area contributed by atoms with E-state index in [-0.39, 0.29) is 0 Å². The van der Waals surface area contributed by atoms with Gasteiger partial charge in [-0.25, -0.2) is 4.98 Å². The first-order valence-corrected chi connectivity index (χ1v) is 14.8. The van der Waals surface area contributed by atoms with Crippen LogP contribution in [0.25, 0.3) is 85.8 Å². The number of hydrogen-bond acceptors (Lipinski definition) is 2. The van der Waals surface area contributed by atoms with E-state index < -0.39 is 0 Å². The number of para-hydroxylation sites is 1. The summed E-state index contributed by atoms with van der Waals surface area (Å²) in [5, 5.41) is 11.5. The Balaban J connectivity index is 1.36. The first kappa shape index (κ1) is 22.7. The van der Waals surface area contributed by atoms with Gasteiger partial charge in [0.25, 0.3) is 0 Å². The zero-order valence-corrected chi connectivity index (χ0v) is 23.0. The molecule has 2 heterocycles. The van der Waals surface area contributed by atoms with Crippen LogP contribution in [0.3, 0.4) is 0 Å². The minimum absolute atomic E-state index is 1.03. The molecule has 0 spiro atoms. The summed E-state index contributed by atoms with van der Waals surface area (Å²) >= 11 is 1.89. The fourth-order valence-electron chi connectivity index (χ4n) is 6.54. The van der Waals surface area contributed by atoms with E-state index in [1.165, 1.54) is 69.0 Å². The zero-order valence-electron chi connectivity index (χ0n) is 22.1. The van der Waals surface area contributed by atoms with Crippen LogP contribution < -0.4 is 0 Å². The van der Waals surface area contributed by atoms with Gasteiger partial charge in [0.1, 0.15) is 0 Å². The Morgan fingerprint density at radius 2 is 1.15 bits per heavy atom. The minimum Gasteiger partial charge on any atom is -0.247 e. The lowest BCUT2D eigenvalue weighted by atomic mass is 9.92. The number of benzene rings is 7. The molecule has 9 aromatic rings. The van der Waals surface area contributed by atoms with E-state index in [1.54, 1.807) is 0 Å². The highest BCUT2D eigenvalue weighted by molar-refractivity contribution is 7.26. The highest BCUT2D eigenvalue weighted by Gasteiger charge is 2.17. The second kappa shape index (κ2) is 8.72. The molecule has 7 aromatic carbocycles. The maximum atomic E-state index is 5.15. The number of aromatic nitrogens is 1. The predicted octanol–water partition coefficient (Wildman–Crippen LogP) is 11.4. The van der Waals surface area contributed by atoms with Crippen LogP contribution in [-0.2, 0) is 0 Å². The van der Waals surface area contributed by atoms with Crippen LogP contribution >= 0.6 is 11.3 Å². The van der Waals surface area contributed by atoms with E-state index in [2.05, 4.69) is 140 Å². The molecule has 0 N–H and O–H groups in total. The maximum Gasteiger partial charge on any atom is 0.0788 e. The molecule has 0 radical (unpaired) electrons. The molecule has 0 aliphatic carbocycles. The fraction of sp³-hybridized carbons (Fsp3) is 0. The third kappa shape index (κ3) is 3.38. The number of fused-ring (bicyclic) bond motifs is 10. The van der Waals surface area contributed by atoms with Crippen LogP contribution in [0.2, 0.25) is 0 Å². The van der Waals surface area contributed by atoms with Crippen molar-refractivity contribution in [3.8, 4) is 22.4 Å². The van der Waals surface area contributed by atoms with E-state index >= 15 is 0 Å². The molecule has 2 aromatic heterocycles. The average Bonchev–Trinajstić information content (AvgIpc) is 3.42. The summed E-state index contributed by atoms with van der Waals surface area (Å²) < 4.78 is 2.64. The Kier molecular flexibility index (Phi) is 4.84. The molecule has 0 saturated heterocycles. The van der Waals surface area contributed by atoms with Crippen molar-refractivity contribution in [3.63, 3.8) is 0 Å². The summed E-state index contributed by atoms with van der Waals surface area (Å²) in [7, 11) is 0. The number of thiophene rings is 1. The molecule has 0 atom stereocenters. The standard InChI is InChI=1S/C39H23NS/c1-2-10-24(11-3-1)38-32-20-19-30-34-23-26(33-22-25-12-4-5-13-27(25)28-14-6-7-15-29(28)33)18-21-36(34)41-39(30)37(32)31-16-8-9-17-35(31)40-38/h1-23H. The largest absolute Gasteiger partial charge is 0.247 e. The molecule has 0 aliphatic heterocycles. The molecule has 9 rings (SSSR count). The van der Waals surface area contributed by atoms with Crippen LogP contribution in [0.5, 0.6) is 0 Å². The smallest absolute Gasteiger partial charge is 0.0788 e. The topological polar surface area (TPSA) is 12.9 Å². The first-order chi connectivity index (χ1) is 20.3. The van der Waals surface area contributed by atoms with Gasteiger partial charge in [-0.15, -0.1) is 11.3 Å². The van der Waals surface area contributed by atoms with Gasteiger partial charge in [0.15, 0.2) is 0 Å². The molecule has 41 heavy (non-hydrogen) atoms. The summed E-state index contributed by atoms with van der Waals surface area (Å²) in [4.78, 5) is 5.15. The normalized spacial score (nSPS) is 11.9. The van der Waals surface area contributed by atoms with Gasteiger partial charge in [0, 0.05) is 41.9 Å².